The first-order valence-corrected chi connectivity index (χ1v) is 14.9. The predicted molar refractivity (Wildman–Crippen MR) is 143 cm³/mol. The SMILES string of the molecule is CCCCCCCCC(CCCC)(CCCC)C(CCCC)(OCCCC)OCCCC. The van der Waals surface area contributed by atoms with Crippen molar-refractivity contribution < 1.29 is 9.47 Å². The number of hydrogen-bond acceptors (Lipinski definition) is 2. The van der Waals surface area contributed by atoms with Gasteiger partial charge in [0.25, 0.3) is 0 Å². The topological polar surface area (TPSA) is 18.5 Å². The van der Waals surface area contributed by atoms with Crippen molar-refractivity contribution in [1.82, 2.24) is 0 Å². The van der Waals surface area contributed by atoms with Gasteiger partial charge in [0.1, 0.15) is 0 Å². The molecule has 0 unspecified atom stereocenters. The maximum absolute atomic E-state index is 6.95. The van der Waals surface area contributed by atoms with Crippen LogP contribution in [0.1, 0.15) is 170 Å². The molecule has 0 aliphatic carbocycles. The Morgan fingerprint density at radius 3 is 1.22 bits per heavy atom. The number of hydrogen-bond donors (Lipinski definition) is 0. The fourth-order valence-electron chi connectivity index (χ4n) is 5.15. The summed E-state index contributed by atoms with van der Waals surface area (Å²) in [5.41, 5.74) is 0.167. The van der Waals surface area contributed by atoms with Gasteiger partial charge in [-0.2, -0.15) is 0 Å². The Morgan fingerprint density at radius 1 is 0.375 bits per heavy atom. The third kappa shape index (κ3) is 12.4. The first kappa shape index (κ1) is 31.9. The Labute approximate surface area is 204 Å². The molecule has 0 atom stereocenters. The lowest BCUT2D eigenvalue weighted by Crippen LogP contribution is -2.53. The highest BCUT2D eigenvalue weighted by Gasteiger charge is 2.51. The van der Waals surface area contributed by atoms with Crippen molar-refractivity contribution in [3.63, 3.8) is 0 Å². The number of ether oxygens (including phenoxy) is 2. The maximum Gasteiger partial charge on any atom is 0.173 e. The van der Waals surface area contributed by atoms with Gasteiger partial charge in [0.15, 0.2) is 5.79 Å². The van der Waals surface area contributed by atoms with Gasteiger partial charge >= 0.3 is 0 Å². The summed E-state index contributed by atoms with van der Waals surface area (Å²) in [4.78, 5) is 0. The second kappa shape index (κ2) is 21.5. The highest BCUT2D eigenvalue weighted by molar-refractivity contribution is 4.95. The van der Waals surface area contributed by atoms with Gasteiger partial charge in [-0.25, -0.2) is 0 Å². The van der Waals surface area contributed by atoms with Gasteiger partial charge in [-0.1, -0.05) is 125 Å². The largest absolute Gasteiger partial charge is 0.349 e. The molecule has 194 valence electrons. The number of rotatable bonds is 25. The summed E-state index contributed by atoms with van der Waals surface area (Å²) in [5.74, 6) is -0.388. The highest BCUT2D eigenvalue weighted by atomic mass is 16.7. The van der Waals surface area contributed by atoms with Crippen molar-refractivity contribution in [1.29, 1.82) is 0 Å². The molecule has 0 aromatic rings. The molecule has 2 nitrogen and oxygen atoms in total. The molecule has 0 saturated carbocycles. The lowest BCUT2D eigenvalue weighted by Gasteiger charge is -2.51. The Kier molecular flexibility index (Phi) is 21.4. The van der Waals surface area contributed by atoms with Crippen molar-refractivity contribution in [2.75, 3.05) is 13.2 Å². The van der Waals surface area contributed by atoms with Crippen molar-refractivity contribution in [3.8, 4) is 0 Å². The number of unbranched alkanes of at least 4 members (excludes halogenated alkanes) is 10. The van der Waals surface area contributed by atoms with E-state index in [4.69, 9.17) is 9.47 Å². The first-order chi connectivity index (χ1) is 15.6. The highest BCUT2D eigenvalue weighted by Crippen LogP contribution is 2.51. The van der Waals surface area contributed by atoms with Crippen molar-refractivity contribution in [2.24, 2.45) is 5.41 Å². The van der Waals surface area contributed by atoms with Gasteiger partial charge in [0.2, 0.25) is 0 Å². The van der Waals surface area contributed by atoms with Crippen LogP contribution in [0.5, 0.6) is 0 Å². The van der Waals surface area contributed by atoms with E-state index in [9.17, 15) is 0 Å². The predicted octanol–water partition coefficient (Wildman–Crippen LogP) is 10.6. The fraction of sp³-hybridized carbons (Fsp3) is 1.00. The van der Waals surface area contributed by atoms with Crippen LogP contribution in [0.4, 0.5) is 0 Å². The zero-order valence-electron chi connectivity index (χ0n) is 23.4. The maximum atomic E-state index is 6.95. The molecule has 2 heteroatoms. The summed E-state index contributed by atoms with van der Waals surface area (Å²) in [7, 11) is 0. The van der Waals surface area contributed by atoms with Crippen LogP contribution in [0.15, 0.2) is 0 Å². The van der Waals surface area contributed by atoms with E-state index >= 15 is 0 Å². The average molecular weight is 455 g/mol. The minimum atomic E-state index is -0.388. The molecule has 0 radical (unpaired) electrons. The second-order valence-corrected chi connectivity index (χ2v) is 10.3. The van der Waals surface area contributed by atoms with Crippen LogP contribution < -0.4 is 0 Å². The Morgan fingerprint density at radius 2 is 0.750 bits per heavy atom. The fourth-order valence-corrected chi connectivity index (χ4v) is 5.15. The van der Waals surface area contributed by atoms with E-state index < -0.39 is 0 Å². The van der Waals surface area contributed by atoms with Crippen molar-refractivity contribution >= 4 is 0 Å². The van der Waals surface area contributed by atoms with Crippen molar-refractivity contribution in [2.45, 2.75) is 176 Å². The van der Waals surface area contributed by atoms with Crippen molar-refractivity contribution in [3.05, 3.63) is 0 Å². The molecule has 32 heavy (non-hydrogen) atoms. The molecular weight excluding hydrogens is 392 g/mol. The van der Waals surface area contributed by atoms with E-state index in [0.29, 0.717) is 0 Å². The molecule has 0 amide bonds. The molecule has 0 rings (SSSR count). The zero-order valence-corrected chi connectivity index (χ0v) is 23.4. The quantitative estimate of drug-likeness (QED) is 0.101. The molecule has 0 aliphatic rings. The van der Waals surface area contributed by atoms with E-state index in [-0.39, 0.29) is 11.2 Å². The van der Waals surface area contributed by atoms with Gasteiger partial charge in [-0.3, -0.25) is 0 Å². The molecule has 0 aromatic heterocycles. The molecular formula is C30H62O2. The summed E-state index contributed by atoms with van der Waals surface area (Å²) in [6, 6.07) is 0. The lowest BCUT2D eigenvalue weighted by molar-refractivity contribution is -0.312. The van der Waals surface area contributed by atoms with Crippen LogP contribution in [0.25, 0.3) is 0 Å². The summed E-state index contributed by atoms with van der Waals surface area (Å²) in [5, 5.41) is 0. The molecule has 0 saturated heterocycles. The van der Waals surface area contributed by atoms with E-state index in [0.717, 1.165) is 32.5 Å². The van der Waals surface area contributed by atoms with Crippen LogP contribution >= 0.6 is 0 Å². The molecule has 0 fully saturated rings. The van der Waals surface area contributed by atoms with E-state index in [1.54, 1.807) is 0 Å². The van der Waals surface area contributed by atoms with Crippen LogP contribution in [0.3, 0.4) is 0 Å². The summed E-state index contributed by atoms with van der Waals surface area (Å²) >= 11 is 0. The third-order valence-electron chi connectivity index (χ3n) is 7.36. The van der Waals surface area contributed by atoms with Crippen LogP contribution in [0, 0.1) is 5.41 Å². The summed E-state index contributed by atoms with van der Waals surface area (Å²) in [6.45, 7) is 15.6. The van der Waals surface area contributed by atoms with Gasteiger partial charge in [0.05, 0.1) is 13.2 Å². The van der Waals surface area contributed by atoms with Gasteiger partial charge < -0.3 is 9.47 Å². The third-order valence-corrected chi connectivity index (χ3v) is 7.36. The van der Waals surface area contributed by atoms with Crippen LogP contribution in [-0.2, 0) is 9.47 Å². The molecule has 0 aliphatic heterocycles. The van der Waals surface area contributed by atoms with E-state index in [1.807, 2.05) is 0 Å². The Balaban J connectivity index is 5.91. The molecule has 0 bridgehead atoms. The van der Waals surface area contributed by atoms with Crippen LogP contribution in [0.2, 0.25) is 0 Å². The second-order valence-electron chi connectivity index (χ2n) is 10.3. The van der Waals surface area contributed by atoms with Gasteiger partial charge in [-0.15, -0.1) is 0 Å². The monoisotopic (exact) mass is 454 g/mol. The lowest BCUT2D eigenvalue weighted by atomic mass is 9.66. The Hall–Kier alpha value is -0.0800. The standard InChI is InChI=1S/C30H62O2/c1-7-13-19-20-21-22-25-29(23-14-8-2,24-15-9-3)30(26-16-10-4,31-27-17-11-5)32-28-18-12-6/h7-28H2,1-6H3. The van der Waals surface area contributed by atoms with Crippen LogP contribution in [-0.4, -0.2) is 19.0 Å². The summed E-state index contributed by atoms with van der Waals surface area (Å²) in [6.07, 6.45) is 25.3. The van der Waals surface area contributed by atoms with E-state index in [2.05, 4.69) is 41.5 Å². The smallest absolute Gasteiger partial charge is 0.173 e. The molecule has 0 heterocycles. The molecule has 0 N–H and O–H groups in total. The normalized spacial score (nSPS) is 12.6. The minimum Gasteiger partial charge on any atom is -0.349 e. The molecule has 0 aromatic carbocycles. The summed E-state index contributed by atoms with van der Waals surface area (Å²) < 4.78 is 13.9. The van der Waals surface area contributed by atoms with E-state index in [1.165, 1.54) is 109 Å². The zero-order chi connectivity index (χ0) is 24.0. The Bertz CT molecular complexity index is 361. The van der Waals surface area contributed by atoms with Gasteiger partial charge in [0, 0.05) is 11.8 Å². The first-order valence-electron chi connectivity index (χ1n) is 14.9. The minimum absolute atomic E-state index is 0.167. The average Bonchev–Trinajstić information content (AvgIpc) is 2.81. The molecule has 0 spiro atoms. The van der Waals surface area contributed by atoms with Gasteiger partial charge in [-0.05, 0) is 38.5 Å².